The van der Waals surface area contributed by atoms with Crippen molar-refractivity contribution in [3.63, 3.8) is 0 Å². The van der Waals surface area contributed by atoms with Gasteiger partial charge in [-0.05, 0) is 19.3 Å². The van der Waals surface area contributed by atoms with E-state index in [1.54, 1.807) is 0 Å². The Hall–Kier alpha value is -1.41. The van der Waals surface area contributed by atoms with E-state index < -0.39 is 31.0 Å². The number of nitrogens with zero attached hydrogens (tertiary/aromatic N) is 2. The summed E-state index contributed by atoms with van der Waals surface area (Å²) < 4.78 is 29.5. The predicted molar refractivity (Wildman–Crippen MR) is 70.8 cm³/mol. The van der Waals surface area contributed by atoms with E-state index >= 15 is 0 Å². The number of halogens is 2. The predicted octanol–water partition coefficient (Wildman–Crippen LogP) is -0.465. The summed E-state index contributed by atoms with van der Waals surface area (Å²) in [5.74, 6) is -0.935. The van der Waals surface area contributed by atoms with Crippen LogP contribution >= 0.6 is 0 Å². The van der Waals surface area contributed by atoms with Crippen LogP contribution in [0, 0.1) is 0 Å². The molecular formula is C13H20F2N3O3+. The molecule has 0 aromatic rings. The zero-order chi connectivity index (χ0) is 15.6. The highest BCUT2D eigenvalue weighted by Crippen LogP contribution is 2.29. The molecule has 0 aliphatic carbocycles. The average molecular weight is 304 g/mol. The van der Waals surface area contributed by atoms with Crippen molar-refractivity contribution >= 4 is 18.7 Å². The van der Waals surface area contributed by atoms with E-state index in [1.165, 1.54) is 9.80 Å². The maximum Gasteiger partial charge on any atom is 0.602 e. The fraction of sp³-hybridized carbons (Fsp3) is 0.769. The molecule has 0 saturated carbocycles. The minimum Gasteiger partial charge on any atom is -0.319 e. The lowest BCUT2D eigenvalue weighted by Crippen LogP contribution is -2.57. The van der Waals surface area contributed by atoms with Crippen molar-refractivity contribution in [3.05, 3.63) is 0 Å². The van der Waals surface area contributed by atoms with Crippen molar-refractivity contribution in [1.29, 1.82) is 0 Å². The Labute approximate surface area is 121 Å². The summed E-state index contributed by atoms with van der Waals surface area (Å²) in [5.41, 5.74) is 5.83. The first-order valence-electron chi connectivity index (χ1n) is 6.98. The van der Waals surface area contributed by atoms with E-state index in [1.807, 2.05) is 0 Å². The van der Waals surface area contributed by atoms with Crippen molar-refractivity contribution in [1.82, 2.24) is 9.80 Å². The van der Waals surface area contributed by atoms with Crippen molar-refractivity contribution in [2.45, 2.75) is 43.8 Å². The molecule has 2 heterocycles. The van der Waals surface area contributed by atoms with Crippen LogP contribution in [0.4, 0.5) is 8.78 Å². The molecule has 8 heteroatoms. The summed E-state index contributed by atoms with van der Waals surface area (Å²) >= 11 is 0. The summed E-state index contributed by atoms with van der Waals surface area (Å²) in [6, 6.07) is -1.73. The Kier molecular flexibility index (Phi) is 5.00. The summed E-state index contributed by atoms with van der Waals surface area (Å²) in [7, 11) is 0. The summed E-state index contributed by atoms with van der Waals surface area (Å²) in [6.45, 7) is 3.19. The van der Waals surface area contributed by atoms with Gasteiger partial charge in [0, 0.05) is 19.1 Å². The highest BCUT2D eigenvalue weighted by Gasteiger charge is 2.48. The van der Waals surface area contributed by atoms with Gasteiger partial charge in [-0.15, -0.1) is 0 Å². The van der Waals surface area contributed by atoms with Crippen molar-refractivity contribution in [3.8, 4) is 0 Å². The Morgan fingerprint density at radius 1 is 1.43 bits per heavy atom. The minimum absolute atomic E-state index is 0.0680. The lowest BCUT2D eigenvalue weighted by atomic mass is 10.1. The lowest BCUT2D eigenvalue weighted by molar-refractivity contribution is -0.373. The van der Waals surface area contributed by atoms with Gasteiger partial charge in [-0.3, -0.25) is 14.1 Å². The molecule has 1 amide bonds. The SMILES string of the molecule is C=[O+]C(=O)[C@@H]1CC[C@@H]2CCN(CC(F)F)C[C@H](N)C(=O)N21. The molecule has 2 N–H and O–H groups in total. The van der Waals surface area contributed by atoms with Gasteiger partial charge in [-0.1, -0.05) is 0 Å². The van der Waals surface area contributed by atoms with Crippen LogP contribution in [0.15, 0.2) is 0 Å². The molecule has 0 bridgehead atoms. The van der Waals surface area contributed by atoms with Crippen LogP contribution in [0.25, 0.3) is 0 Å². The van der Waals surface area contributed by atoms with E-state index in [0.29, 0.717) is 25.8 Å². The maximum absolute atomic E-state index is 12.5. The van der Waals surface area contributed by atoms with Crippen molar-refractivity contribution < 1.29 is 22.8 Å². The van der Waals surface area contributed by atoms with Gasteiger partial charge in [0.1, 0.15) is 0 Å². The van der Waals surface area contributed by atoms with Gasteiger partial charge in [-0.25, -0.2) is 8.78 Å². The topological polar surface area (TPSA) is 77.9 Å². The standard InChI is InChI=1S/C13H20F2N3O3/c1-21-13(20)10-3-2-8-4-5-17(7-11(14)15)6-9(16)12(19)18(8)10/h8-11H,1-7,16H2/q+1/t8-,9+,10+/m1/s1. The molecule has 0 spiro atoms. The molecule has 0 unspecified atom stereocenters. The van der Waals surface area contributed by atoms with Crippen LogP contribution in [-0.2, 0) is 14.0 Å². The highest BCUT2D eigenvalue weighted by atomic mass is 19.3. The van der Waals surface area contributed by atoms with Crippen LogP contribution in [-0.4, -0.2) is 72.7 Å². The molecule has 3 atom stereocenters. The molecule has 0 radical (unpaired) electrons. The molecule has 118 valence electrons. The first kappa shape index (κ1) is 16.0. The third kappa shape index (κ3) is 3.44. The number of alkyl halides is 2. The molecular weight excluding hydrogens is 284 g/mol. The number of fused-ring (bicyclic) bond motifs is 1. The number of nitrogens with two attached hydrogens (primary N) is 1. The molecule has 2 saturated heterocycles. The van der Waals surface area contributed by atoms with Crippen molar-refractivity contribution in [2.75, 3.05) is 19.6 Å². The number of carbonyl (C=O) groups is 2. The highest BCUT2D eigenvalue weighted by molar-refractivity contribution is 5.87. The van der Waals surface area contributed by atoms with Crippen LogP contribution in [0.2, 0.25) is 0 Å². The monoisotopic (exact) mass is 304 g/mol. The quantitative estimate of drug-likeness (QED) is 0.715. The van der Waals surface area contributed by atoms with Crippen LogP contribution < -0.4 is 5.73 Å². The second-order valence-corrected chi connectivity index (χ2v) is 5.50. The summed E-state index contributed by atoms with van der Waals surface area (Å²) in [5, 5.41) is 0. The molecule has 2 aliphatic rings. The zero-order valence-corrected chi connectivity index (χ0v) is 11.7. The average Bonchev–Trinajstić information content (AvgIpc) is 2.84. The van der Waals surface area contributed by atoms with E-state index in [-0.39, 0.29) is 18.5 Å². The largest absolute Gasteiger partial charge is 0.602 e. The fourth-order valence-corrected chi connectivity index (χ4v) is 3.16. The van der Waals surface area contributed by atoms with Crippen LogP contribution in [0.3, 0.4) is 0 Å². The van der Waals surface area contributed by atoms with Gasteiger partial charge in [0.15, 0.2) is 12.8 Å². The molecule has 0 aromatic heterocycles. The van der Waals surface area contributed by atoms with Crippen molar-refractivity contribution in [2.24, 2.45) is 5.73 Å². The Morgan fingerprint density at radius 3 is 2.76 bits per heavy atom. The lowest BCUT2D eigenvalue weighted by Gasteiger charge is -2.35. The normalized spacial score (nSPS) is 31.0. The van der Waals surface area contributed by atoms with E-state index in [9.17, 15) is 18.4 Å². The Balaban J connectivity index is 2.14. The number of hydrogen-bond donors (Lipinski definition) is 1. The molecule has 2 fully saturated rings. The van der Waals surface area contributed by atoms with Gasteiger partial charge in [-0.2, -0.15) is 0 Å². The second kappa shape index (κ2) is 6.57. The molecule has 6 nitrogen and oxygen atoms in total. The number of hydrogen-bond acceptors (Lipinski definition) is 4. The zero-order valence-electron chi connectivity index (χ0n) is 11.7. The smallest absolute Gasteiger partial charge is 0.319 e. The van der Waals surface area contributed by atoms with Gasteiger partial charge in [0.25, 0.3) is 6.43 Å². The summed E-state index contributed by atoms with van der Waals surface area (Å²) in [6.07, 6.45) is -0.778. The molecule has 21 heavy (non-hydrogen) atoms. The van der Waals surface area contributed by atoms with Gasteiger partial charge >= 0.3 is 5.97 Å². The third-order valence-corrected chi connectivity index (χ3v) is 4.12. The summed E-state index contributed by atoms with van der Waals surface area (Å²) in [4.78, 5) is 27.1. The first-order valence-corrected chi connectivity index (χ1v) is 6.98. The number of rotatable bonds is 3. The van der Waals surface area contributed by atoms with Crippen LogP contribution in [0.5, 0.6) is 0 Å². The Bertz CT molecular complexity index is 433. The van der Waals surface area contributed by atoms with Gasteiger partial charge in [0.05, 0.1) is 17.4 Å². The minimum atomic E-state index is -2.46. The Morgan fingerprint density at radius 2 is 2.14 bits per heavy atom. The van der Waals surface area contributed by atoms with Crippen LogP contribution in [0.1, 0.15) is 19.3 Å². The first-order chi connectivity index (χ1) is 9.93. The molecule has 2 aliphatic heterocycles. The third-order valence-electron chi connectivity index (χ3n) is 4.12. The number of carbonyl (C=O) groups excluding carboxylic acids is 3. The van der Waals surface area contributed by atoms with E-state index in [0.717, 1.165) is 0 Å². The fourth-order valence-electron chi connectivity index (χ4n) is 3.16. The number of amides is 1. The molecule has 2 rings (SSSR count). The second-order valence-electron chi connectivity index (χ2n) is 5.50. The van der Waals surface area contributed by atoms with E-state index in [2.05, 4.69) is 11.2 Å². The van der Waals surface area contributed by atoms with Gasteiger partial charge in [0.2, 0.25) is 5.91 Å². The molecule has 0 aromatic carbocycles. The van der Waals surface area contributed by atoms with Gasteiger partial charge < -0.3 is 10.6 Å². The maximum atomic E-state index is 12.5. The van der Waals surface area contributed by atoms with E-state index in [4.69, 9.17) is 5.73 Å².